The van der Waals surface area contributed by atoms with Crippen molar-refractivity contribution in [1.29, 1.82) is 0 Å². The monoisotopic (exact) mass is 1110 g/mol. The van der Waals surface area contributed by atoms with Gasteiger partial charge in [0.15, 0.2) is 0 Å². The van der Waals surface area contributed by atoms with Crippen LogP contribution in [0.25, 0.3) is 22.3 Å². The van der Waals surface area contributed by atoms with E-state index in [2.05, 4.69) is 24.3 Å². The number of amides is 6. The third-order valence-corrected chi connectivity index (χ3v) is 16.5. The summed E-state index contributed by atoms with van der Waals surface area (Å²) in [4.78, 5) is 85.4. The molecule has 6 atom stereocenters. The first kappa shape index (κ1) is 58.4. The van der Waals surface area contributed by atoms with Gasteiger partial charge in [0.2, 0.25) is 23.6 Å². The molecule has 2 saturated carbocycles. The van der Waals surface area contributed by atoms with Crippen molar-refractivity contribution in [3.8, 4) is 33.8 Å². The number of hydrogen-bond acceptors (Lipinski definition) is 10. The van der Waals surface area contributed by atoms with Gasteiger partial charge in [-0.15, -0.1) is 0 Å². The van der Waals surface area contributed by atoms with E-state index in [4.69, 9.17) is 18.9 Å². The lowest BCUT2D eigenvalue weighted by molar-refractivity contribution is -0.133. The van der Waals surface area contributed by atoms with E-state index in [-0.39, 0.29) is 35.5 Å². The summed E-state index contributed by atoms with van der Waals surface area (Å²) in [7, 11) is 3.25. The molecule has 2 aliphatic carbocycles. The third kappa shape index (κ3) is 12.5. The first-order valence-corrected chi connectivity index (χ1v) is 28.8. The molecule has 0 unspecified atom stereocenters. The normalized spacial score (nSPS) is 19.0. The van der Waals surface area contributed by atoms with Crippen molar-refractivity contribution in [2.45, 2.75) is 130 Å². The number of rotatable bonds is 18. The summed E-state index contributed by atoms with van der Waals surface area (Å²) in [5.74, 6) is 0.246. The van der Waals surface area contributed by atoms with Crippen LogP contribution in [-0.2, 0) is 41.7 Å². The molecule has 0 radical (unpaired) electrons. The topological polar surface area (TPSA) is 152 Å². The molecule has 0 N–H and O–H groups in total. The fraction of sp³-hybridized carbons (Fsp3) is 0.382. The van der Waals surface area contributed by atoms with Crippen LogP contribution in [0.2, 0.25) is 0 Å². The Morgan fingerprint density at radius 3 is 1.22 bits per heavy atom. The molecule has 14 heteroatoms. The van der Waals surface area contributed by atoms with Gasteiger partial charge < -0.3 is 28.7 Å². The lowest BCUT2D eigenvalue weighted by Gasteiger charge is -2.25. The summed E-state index contributed by atoms with van der Waals surface area (Å²) < 4.78 is 22.8. The maximum atomic E-state index is 13.7. The maximum absolute atomic E-state index is 13.7. The molecule has 428 valence electrons. The van der Waals surface area contributed by atoms with Crippen molar-refractivity contribution in [2.24, 2.45) is 11.8 Å². The van der Waals surface area contributed by atoms with E-state index in [1.807, 2.05) is 174 Å². The van der Waals surface area contributed by atoms with E-state index < -0.39 is 48.3 Å². The summed E-state index contributed by atoms with van der Waals surface area (Å²) >= 11 is 0. The third-order valence-electron chi connectivity index (χ3n) is 16.5. The van der Waals surface area contributed by atoms with E-state index >= 15 is 0 Å². The summed E-state index contributed by atoms with van der Waals surface area (Å²) in [6.07, 6.45) is 1.58. The highest BCUT2D eigenvalue weighted by Crippen LogP contribution is 2.42. The van der Waals surface area contributed by atoms with Crippen LogP contribution in [0.15, 0.2) is 133 Å². The standard InChI is InChI=1S/2C34H38N2O5/c2*1-6-35(33(38)25-13-14-25)20-27-18-21(2)12-16-28(27)29-19-26(15-17-30(29)40-5)22(3)32(37)36-23(4)31(41-34(36)39)24-10-8-7-9-11-24/h2*7-12,15-19,22-23,25,31H,6,13-14,20H2,1-5H3/t22-,23+,31+;22-,23-,31-/m01/s1. The van der Waals surface area contributed by atoms with Crippen LogP contribution in [0.5, 0.6) is 11.5 Å². The van der Waals surface area contributed by atoms with Crippen LogP contribution in [0.1, 0.15) is 136 Å². The highest BCUT2D eigenvalue weighted by Gasteiger charge is 2.46. The molecule has 6 aromatic carbocycles. The summed E-state index contributed by atoms with van der Waals surface area (Å²) in [6.45, 7) is 17.7. The second-order valence-electron chi connectivity index (χ2n) is 22.3. The molecule has 4 fully saturated rings. The number of cyclic esters (lactones) is 2. The second-order valence-corrected chi connectivity index (χ2v) is 22.3. The van der Waals surface area contributed by atoms with Crippen LogP contribution < -0.4 is 9.47 Å². The van der Waals surface area contributed by atoms with Gasteiger partial charge in [0.05, 0.1) is 38.1 Å². The molecule has 2 aliphatic heterocycles. The van der Waals surface area contributed by atoms with Gasteiger partial charge in [0.25, 0.3) is 0 Å². The average Bonchev–Trinajstić information content (AvgIpc) is 4.59. The molecule has 4 aliphatic rings. The highest BCUT2D eigenvalue weighted by molar-refractivity contribution is 5.98. The first-order valence-electron chi connectivity index (χ1n) is 28.8. The number of methoxy groups -OCH3 is 2. The summed E-state index contributed by atoms with van der Waals surface area (Å²) in [5, 5.41) is 0. The fourth-order valence-corrected chi connectivity index (χ4v) is 11.3. The molecular weight excluding hydrogens is 1030 g/mol. The highest BCUT2D eigenvalue weighted by atomic mass is 16.6. The Balaban J connectivity index is 0.000000198. The Morgan fingerprint density at radius 1 is 0.524 bits per heavy atom. The number of hydrogen-bond donors (Lipinski definition) is 0. The number of imide groups is 2. The van der Waals surface area contributed by atoms with Gasteiger partial charge in [-0.2, -0.15) is 0 Å². The number of nitrogens with zero attached hydrogens (tertiary/aromatic N) is 4. The lowest BCUT2D eigenvalue weighted by atomic mass is 9.91. The zero-order chi connectivity index (χ0) is 58.5. The van der Waals surface area contributed by atoms with Crippen LogP contribution >= 0.6 is 0 Å². The molecule has 0 bridgehead atoms. The molecule has 2 saturated heterocycles. The van der Waals surface area contributed by atoms with Crippen LogP contribution in [0.4, 0.5) is 9.59 Å². The van der Waals surface area contributed by atoms with E-state index in [9.17, 15) is 28.8 Å². The summed E-state index contributed by atoms with van der Waals surface area (Å²) in [6, 6.07) is 41.9. The van der Waals surface area contributed by atoms with E-state index in [0.29, 0.717) is 37.7 Å². The molecule has 14 nitrogen and oxygen atoms in total. The maximum Gasteiger partial charge on any atom is 0.417 e. The van der Waals surface area contributed by atoms with Crippen molar-refractivity contribution >= 4 is 35.8 Å². The minimum Gasteiger partial charge on any atom is -0.496 e. The molecular formula is C68H76N4O10. The average molecular weight is 1110 g/mol. The van der Waals surface area contributed by atoms with E-state index in [1.54, 1.807) is 14.2 Å². The van der Waals surface area contributed by atoms with Crippen LogP contribution in [-0.4, -0.2) is 94.8 Å². The van der Waals surface area contributed by atoms with Crippen LogP contribution in [0.3, 0.4) is 0 Å². The number of carbonyl (C=O) groups excluding carboxylic acids is 6. The Morgan fingerprint density at radius 2 is 0.890 bits per heavy atom. The lowest BCUT2D eigenvalue weighted by Crippen LogP contribution is -2.40. The van der Waals surface area contributed by atoms with Gasteiger partial charge >= 0.3 is 12.2 Å². The zero-order valence-corrected chi connectivity index (χ0v) is 48.8. The molecule has 2 heterocycles. The summed E-state index contributed by atoms with van der Waals surface area (Å²) in [5.41, 5.74) is 11.1. The predicted molar refractivity (Wildman–Crippen MR) is 315 cm³/mol. The zero-order valence-electron chi connectivity index (χ0n) is 48.8. The van der Waals surface area contributed by atoms with Gasteiger partial charge in [-0.1, -0.05) is 120 Å². The Labute approximate surface area is 482 Å². The van der Waals surface area contributed by atoms with Gasteiger partial charge in [0.1, 0.15) is 23.7 Å². The molecule has 6 amide bonds. The minimum absolute atomic E-state index is 0.147. The predicted octanol–water partition coefficient (Wildman–Crippen LogP) is 13.3. The number of carbonyl (C=O) groups is 6. The molecule has 10 rings (SSSR count). The smallest absolute Gasteiger partial charge is 0.417 e. The molecule has 0 aromatic heterocycles. The Bertz CT molecular complexity index is 3120. The number of benzene rings is 6. The van der Waals surface area contributed by atoms with Crippen molar-refractivity contribution < 1.29 is 47.7 Å². The fourth-order valence-electron chi connectivity index (χ4n) is 11.3. The Kier molecular flexibility index (Phi) is 18.0. The van der Waals surface area contributed by atoms with Crippen molar-refractivity contribution in [2.75, 3.05) is 27.3 Å². The quantitative estimate of drug-likeness (QED) is 0.0813. The Hall–Kier alpha value is -8.26. The molecule has 82 heavy (non-hydrogen) atoms. The van der Waals surface area contributed by atoms with E-state index in [0.717, 1.165) is 92.4 Å². The van der Waals surface area contributed by atoms with E-state index in [1.165, 1.54) is 9.80 Å². The van der Waals surface area contributed by atoms with Crippen molar-refractivity contribution in [1.82, 2.24) is 19.6 Å². The number of ether oxygens (including phenoxy) is 4. The van der Waals surface area contributed by atoms with Gasteiger partial charge in [-0.25, -0.2) is 19.4 Å². The molecule has 6 aromatic rings. The van der Waals surface area contributed by atoms with Gasteiger partial charge in [0, 0.05) is 49.1 Å². The van der Waals surface area contributed by atoms with Gasteiger partial charge in [-0.3, -0.25) is 19.2 Å². The second kappa shape index (κ2) is 25.3. The van der Waals surface area contributed by atoms with Crippen molar-refractivity contribution in [3.05, 3.63) is 178 Å². The first-order chi connectivity index (χ1) is 39.5. The SMILES string of the molecule is CCN(Cc1cc(C)ccc1-c1cc([C@@H](C)C(=O)N2C(=O)O[C@@H](c3ccccc3)[C@H]2C)ccc1OC)C(=O)C1CC1.CCN(Cc1cc(C)ccc1-c1cc([C@H](C)C(=O)N2C(=O)O[C@@H](c3ccccc3)[C@H]2C)ccc1OC)C(=O)C1CC1. The van der Waals surface area contributed by atoms with Gasteiger partial charge in [-0.05, 0) is 150 Å². The number of aryl methyl sites for hydroxylation is 2. The molecule has 0 spiro atoms. The van der Waals surface area contributed by atoms with Crippen molar-refractivity contribution in [3.63, 3.8) is 0 Å². The minimum atomic E-state index is -0.627. The van der Waals surface area contributed by atoms with Crippen LogP contribution in [0, 0.1) is 25.7 Å². The largest absolute Gasteiger partial charge is 0.496 e.